The summed E-state index contributed by atoms with van der Waals surface area (Å²) in [6, 6.07) is 11.5. The van der Waals surface area contributed by atoms with Crippen molar-refractivity contribution in [3.8, 4) is 0 Å². The zero-order valence-electron chi connectivity index (χ0n) is 10.2. The van der Waals surface area contributed by atoms with Gasteiger partial charge in [0, 0.05) is 6.07 Å². The second-order valence-corrected chi connectivity index (χ2v) is 3.91. The highest BCUT2D eigenvalue weighted by Gasteiger charge is 2.25. The first-order chi connectivity index (χ1) is 8.81. The first kappa shape index (κ1) is 12.4. The number of esters is 1. The van der Waals surface area contributed by atoms with E-state index in [1.54, 1.807) is 13.0 Å². The maximum atomic E-state index is 11.9. The van der Waals surface area contributed by atoms with E-state index in [0.29, 0.717) is 18.8 Å². The molecule has 1 aromatic carbocycles. The summed E-state index contributed by atoms with van der Waals surface area (Å²) in [6.07, 6.45) is 2.08. The molecule has 2 aromatic rings. The van der Waals surface area contributed by atoms with Crippen molar-refractivity contribution in [2.75, 3.05) is 6.61 Å². The molecule has 0 aliphatic heterocycles. The Kier molecular flexibility index (Phi) is 4.12. The summed E-state index contributed by atoms with van der Waals surface area (Å²) in [5.74, 6) is -0.176. The van der Waals surface area contributed by atoms with Gasteiger partial charge in [-0.3, -0.25) is 4.79 Å². The van der Waals surface area contributed by atoms with Crippen molar-refractivity contribution in [2.45, 2.75) is 19.3 Å². The molecule has 4 heteroatoms. The van der Waals surface area contributed by atoms with Gasteiger partial charge in [0.25, 0.3) is 0 Å². The van der Waals surface area contributed by atoms with E-state index < -0.39 is 5.92 Å². The van der Waals surface area contributed by atoms with Crippen LogP contribution in [-0.2, 0) is 16.0 Å². The van der Waals surface area contributed by atoms with Crippen molar-refractivity contribution in [2.24, 2.45) is 0 Å². The normalized spacial score (nSPS) is 12.1. The van der Waals surface area contributed by atoms with Gasteiger partial charge < -0.3 is 9.26 Å². The van der Waals surface area contributed by atoms with Gasteiger partial charge in [0.05, 0.1) is 12.8 Å². The molecule has 0 bridgehead atoms. The maximum Gasteiger partial charge on any atom is 0.317 e. The van der Waals surface area contributed by atoms with Gasteiger partial charge in [0.1, 0.15) is 5.92 Å². The number of hydrogen-bond donors (Lipinski definition) is 0. The van der Waals surface area contributed by atoms with Crippen LogP contribution in [0.15, 0.2) is 47.1 Å². The summed E-state index contributed by atoms with van der Waals surface area (Å²) in [5, 5.41) is 3.64. The Morgan fingerprint density at radius 3 is 2.72 bits per heavy atom. The number of hydrogen-bond acceptors (Lipinski definition) is 4. The molecular weight excluding hydrogens is 230 g/mol. The average Bonchev–Trinajstić information content (AvgIpc) is 2.91. The minimum Gasteiger partial charge on any atom is -0.465 e. The number of rotatable bonds is 5. The van der Waals surface area contributed by atoms with Crippen LogP contribution in [-0.4, -0.2) is 17.7 Å². The highest BCUT2D eigenvalue weighted by molar-refractivity contribution is 5.77. The SMILES string of the molecule is CCOC(=O)C(Cc1ccccc1)c1ccno1. The molecule has 0 saturated heterocycles. The minimum atomic E-state index is -0.435. The number of benzene rings is 1. The van der Waals surface area contributed by atoms with Crippen molar-refractivity contribution in [3.63, 3.8) is 0 Å². The summed E-state index contributed by atoms with van der Waals surface area (Å²) < 4.78 is 10.2. The Morgan fingerprint density at radius 2 is 2.11 bits per heavy atom. The Hall–Kier alpha value is -2.10. The van der Waals surface area contributed by atoms with Crippen LogP contribution < -0.4 is 0 Å². The predicted octanol–water partition coefficient (Wildman–Crippen LogP) is 2.56. The van der Waals surface area contributed by atoms with Crippen LogP contribution in [0.4, 0.5) is 0 Å². The van der Waals surface area contributed by atoms with Crippen molar-refractivity contribution < 1.29 is 14.1 Å². The first-order valence-electron chi connectivity index (χ1n) is 5.92. The fraction of sp³-hybridized carbons (Fsp3) is 0.286. The van der Waals surface area contributed by atoms with Crippen LogP contribution in [0.2, 0.25) is 0 Å². The van der Waals surface area contributed by atoms with Crippen LogP contribution in [0.3, 0.4) is 0 Å². The fourth-order valence-electron chi connectivity index (χ4n) is 1.80. The second kappa shape index (κ2) is 6.00. The lowest BCUT2D eigenvalue weighted by atomic mass is 9.97. The smallest absolute Gasteiger partial charge is 0.317 e. The molecule has 0 N–H and O–H groups in total. The van der Waals surface area contributed by atoms with E-state index in [0.717, 1.165) is 5.56 Å². The van der Waals surface area contributed by atoms with Crippen molar-refractivity contribution in [3.05, 3.63) is 53.9 Å². The largest absolute Gasteiger partial charge is 0.465 e. The third kappa shape index (κ3) is 2.97. The van der Waals surface area contributed by atoms with Crippen LogP contribution in [0.1, 0.15) is 24.2 Å². The molecule has 94 valence electrons. The van der Waals surface area contributed by atoms with E-state index in [1.165, 1.54) is 6.20 Å². The minimum absolute atomic E-state index is 0.280. The summed E-state index contributed by atoms with van der Waals surface area (Å²) in [5.41, 5.74) is 1.06. The lowest BCUT2D eigenvalue weighted by Gasteiger charge is -2.12. The van der Waals surface area contributed by atoms with E-state index in [1.807, 2.05) is 30.3 Å². The standard InChI is InChI=1S/C14H15NO3/c1-2-17-14(16)12(13-8-9-15-18-13)10-11-6-4-3-5-7-11/h3-9,12H,2,10H2,1H3. The maximum absolute atomic E-state index is 11.9. The fourth-order valence-corrected chi connectivity index (χ4v) is 1.80. The predicted molar refractivity (Wildman–Crippen MR) is 66.0 cm³/mol. The first-order valence-corrected chi connectivity index (χ1v) is 5.92. The number of nitrogens with zero attached hydrogens (tertiary/aromatic N) is 1. The molecule has 0 radical (unpaired) electrons. The third-order valence-electron chi connectivity index (χ3n) is 2.65. The number of carbonyl (C=O) groups is 1. The molecule has 0 aliphatic rings. The Balaban J connectivity index is 2.18. The molecule has 0 amide bonds. The molecule has 0 spiro atoms. The van der Waals surface area contributed by atoms with Gasteiger partial charge in [-0.1, -0.05) is 35.5 Å². The Morgan fingerprint density at radius 1 is 1.33 bits per heavy atom. The molecule has 1 heterocycles. The molecule has 1 aromatic heterocycles. The van der Waals surface area contributed by atoms with Crippen LogP contribution in [0, 0.1) is 0 Å². The molecule has 1 atom stereocenters. The summed E-state index contributed by atoms with van der Waals surface area (Å²) in [4.78, 5) is 11.9. The number of aromatic nitrogens is 1. The van der Waals surface area contributed by atoms with E-state index in [4.69, 9.17) is 9.26 Å². The van der Waals surface area contributed by atoms with Gasteiger partial charge in [0.15, 0.2) is 5.76 Å². The van der Waals surface area contributed by atoms with Crippen molar-refractivity contribution in [1.29, 1.82) is 0 Å². The van der Waals surface area contributed by atoms with Gasteiger partial charge in [-0.25, -0.2) is 0 Å². The van der Waals surface area contributed by atoms with E-state index in [2.05, 4.69) is 5.16 Å². The molecule has 18 heavy (non-hydrogen) atoms. The van der Waals surface area contributed by atoms with Gasteiger partial charge in [-0.15, -0.1) is 0 Å². The highest BCUT2D eigenvalue weighted by atomic mass is 16.5. The van der Waals surface area contributed by atoms with Crippen LogP contribution in [0.25, 0.3) is 0 Å². The zero-order valence-corrected chi connectivity index (χ0v) is 10.2. The van der Waals surface area contributed by atoms with Gasteiger partial charge in [0.2, 0.25) is 0 Å². The quantitative estimate of drug-likeness (QED) is 0.760. The van der Waals surface area contributed by atoms with Crippen LogP contribution in [0.5, 0.6) is 0 Å². The third-order valence-corrected chi connectivity index (χ3v) is 2.65. The van der Waals surface area contributed by atoms with Gasteiger partial charge >= 0.3 is 5.97 Å². The molecule has 0 aliphatic carbocycles. The monoisotopic (exact) mass is 245 g/mol. The lowest BCUT2D eigenvalue weighted by molar-refractivity contribution is -0.145. The van der Waals surface area contributed by atoms with Gasteiger partial charge in [-0.05, 0) is 18.9 Å². The molecule has 4 nitrogen and oxygen atoms in total. The number of ether oxygens (including phenoxy) is 1. The van der Waals surface area contributed by atoms with Crippen molar-refractivity contribution in [1.82, 2.24) is 5.16 Å². The van der Waals surface area contributed by atoms with Crippen molar-refractivity contribution >= 4 is 5.97 Å². The highest BCUT2D eigenvalue weighted by Crippen LogP contribution is 2.22. The Bertz CT molecular complexity index is 479. The number of carbonyl (C=O) groups excluding carboxylic acids is 1. The molecular formula is C14H15NO3. The summed E-state index contributed by atoms with van der Waals surface area (Å²) in [7, 11) is 0. The molecule has 2 rings (SSSR count). The second-order valence-electron chi connectivity index (χ2n) is 3.91. The molecule has 0 saturated carbocycles. The molecule has 1 unspecified atom stereocenters. The Labute approximate surface area is 106 Å². The van der Waals surface area contributed by atoms with Gasteiger partial charge in [-0.2, -0.15) is 0 Å². The summed E-state index contributed by atoms with van der Waals surface area (Å²) in [6.45, 7) is 2.15. The van der Waals surface area contributed by atoms with Crippen LogP contribution >= 0.6 is 0 Å². The van der Waals surface area contributed by atoms with E-state index in [-0.39, 0.29) is 5.97 Å². The lowest BCUT2D eigenvalue weighted by Crippen LogP contribution is -2.17. The average molecular weight is 245 g/mol. The summed E-state index contributed by atoms with van der Waals surface area (Å²) >= 11 is 0. The van der Waals surface area contributed by atoms with E-state index >= 15 is 0 Å². The topological polar surface area (TPSA) is 52.3 Å². The zero-order chi connectivity index (χ0) is 12.8. The molecule has 0 fully saturated rings. The van der Waals surface area contributed by atoms with E-state index in [9.17, 15) is 4.79 Å².